The van der Waals surface area contributed by atoms with Crippen LogP contribution >= 0.6 is 27.3 Å². The van der Waals surface area contributed by atoms with Crippen molar-refractivity contribution < 1.29 is 4.79 Å². The molecule has 0 aliphatic carbocycles. The van der Waals surface area contributed by atoms with E-state index in [4.69, 9.17) is 5.26 Å². The monoisotopic (exact) mass is 448 g/mol. The Balaban J connectivity index is 1.69. The summed E-state index contributed by atoms with van der Waals surface area (Å²) in [6.07, 6.45) is 1.53. The molecule has 0 saturated heterocycles. The number of thiophene rings is 1. The molecule has 0 spiro atoms. The molecule has 28 heavy (non-hydrogen) atoms. The first-order chi connectivity index (χ1) is 13.7. The van der Waals surface area contributed by atoms with E-state index in [0.29, 0.717) is 10.6 Å². The molecular weight excluding hydrogens is 436 g/mol. The van der Waals surface area contributed by atoms with Crippen molar-refractivity contribution >= 4 is 50.3 Å². The summed E-state index contributed by atoms with van der Waals surface area (Å²) in [7, 11) is 0. The Bertz CT molecular complexity index is 1230. The molecule has 0 aliphatic heterocycles. The number of hydrogen-bond acceptors (Lipinski definition) is 4. The first-order valence-electron chi connectivity index (χ1n) is 8.35. The third-order valence-electron chi connectivity index (χ3n) is 4.15. The molecule has 2 N–H and O–H groups in total. The van der Waals surface area contributed by atoms with Gasteiger partial charge in [0.25, 0.3) is 5.91 Å². The van der Waals surface area contributed by atoms with E-state index in [1.165, 1.54) is 17.6 Å². The van der Waals surface area contributed by atoms with Crippen molar-refractivity contribution in [1.82, 2.24) is 10.4 Å². The van der Waals surface area contributed by atoms with Crippen molar-refractivity contribution in [2.45, 2.75) is 0 Å². The number of hydrogen-bond donors (Lipinski definition) is 2. The van der Waals surface area contributed by atoms with Crippen LogP contribution in [0.1, 0.15) is 20.2 Å². The number of nitrogens with one attached hydrogen (secondary N) is 2. The second-order valence-corrected chi connectivity index (χ2v) is 7.97. The maximum atomic E-state index is 12.8. The van der Waals surface area contributed by atoms with Crippen LogP contribution < -0.4 is 5.43 Å². The summed E-state index contributed by atoms with van der Waals surface area (Å²) in [5.41, 5.74) is 5.65. The van der Waals surface area contributed by atoms with Gasteiger partial charge in [-0.3, -0.25) is 4.79 Å². The van der Waals surface area contributed by atoms with Gasteiger partial charge in [-0.25, -0.2) is 5.43 Å². The lowest BCUT2D eigenvalue weighted by atomic mass is 10.0. The van der Waals surface area contributed by atoms with Gasteiger partial charge in [0.05, 0.1) is 6.21 Å². The zero-order valence-electron chi connectivity index (χ0n) is 14.4. The highest BCUT2D eigenvalue weighted by atomic mass is 79.9. The normalized spacial score (nSPS) is 11.0. The van der Waals surface area contributed by atoms with E-state index < -0.39 is 0 Å². The topological polar surface area (TPSA) is 81.0 Å². The van der Waals surface area contributed by atoms with E-state index in [-0.39, 0.29) is 5.91 Å². The summed E-state index contributed by atoms with van der Waals surface area (Å²) >= 11 is 4.81. The lowest BCUT2D eigenvalue weighted by molar-refractivity contribution is 0.0951. The molecule has 0 aliphatic rings. The molecule has 136 valence electrons. The van der Waals surface area contributed by atoms with E-state index in [1.807, 2.05) is 48.5 Å². The van der Waals surface area contributed by atoms with Crippen LogP contribution in [0.25, 0.3) is 22.0 Å². The molecule has 0 saturated carbocycles. The smallest absolute Gasteiger partial charge is 0.288 e. The summed E-state index contributed by atoms with van der Waals surface area (Å²) in [5, 5.41) is 13.9. The van der Waals surface area contributed by atoms with Gasteiger partial charge in [0.1, 0.15) is 16.6 Å². The number of fused-ring (bicyclic) bond motifs is 1. The Labute approximate surface area is 173 Å². The predicted molar refractivity (Wildman–Crippen MR) is 116 cm³/mol. The fourth-order valence-electron chi connectivity index (χ4n) is 2.93. The molecule has 4 rings (SSSR count). The van der Waals surface area contributed by atoms with Crippen molar-refractivity contribution in [2.75, 3.05) is 0 Å². The van der Waals surface area contributed by atoms with Crippen LogP contribution in [0.4, 0.5) is 0 Å². The van der Waals surface area contributed by atoms with Crippen molar-refractivity contribution in [3.8, 4) is 17.2 Å². The SMILES string of the molecule is N#Cc1ccc(/C=N/NC(=O)c2[nH]c3ccc(Br)cc3c2-c2ccccc2)s1. The highest BCUT2D eigenvalue weighted by Crippen LogP contribution is 2.34. The number of nitriles is 1. The van der Waals surface area contributed by atoms with Gasteiger partial charge in [-0.2, -0.15) is 10.4 Å². The molecule has 1 amide bonds. The number of halogens is 1. The van der Waals surface area contributed by atoms with Gasteiger partial charge in [-0.15, -0.1) is 11.3 Å². The van der Waals surface area contributed by atoms with Crippen LogP contribution in [-0.4, -0.2) is 17.1 Å². The molecule has 0 radical (unpaired) electrons. The number of carbonyl (C=O) groups is 1. The Morgan fingerprint density at radius 3 is 2.75 bits per heavy atom. The number of hydrazone groups is 1. The standard InChI is InChI=1S/C21H13BrN4OS/c22-14-6-9-18-17(10-14)19(13-4-2-1-3-5-13)20(25-18)21(27)26-24-12-16-8-7-15(11-23)28-16/h1-10,12,25H,(H,26,27)/b24-12+. The Kier molecular flexibility index (Phi) is 5.06. The Hall–Kier alpha value is -3.21. The molecule has 0 bridgehead atoms. The highest BCUT2D eigenvalue weighted by Gasteiger charge is 2.19. The Morgan fingerprint density at radius 2 is 2.00 bits per heavy atom. The van der Waals surface area contributed by atoms with Gasteiger partial charge < -0.3 is 4.98 Å². The quantitative estimate of drug-likeness (QED) is 0.328. The zero-order chi connectivity index (χ0) is 19.5. The maximum absolute atomic E-state index is 12.8. The highest BCUT2D eigenvalue weighted by molar-refractivity contribution is 9.10. The molecule has 2 heterocycles. The molecule has 0 atom stereocenters. The number of aromatic amines is 1. The lowest BCUT2D eigenvalue weighted by Crippen LogP contribution is -2.18. The lowest BCUT2D eigenvalue weighted by Gasteiger charge is -2.04. The molecule has 2 aromatic carbocycles. The molecule has 7 heteroatoms. The summed E-state index contributed by atoms with van der Waals surface area (Å²) in [6.45, 7) is 0. The van der Waals surface area contributed by atoms with Gasteiger partial charge in [0, 0.05) is 25.8 Å². The zero-order valence-corrected chi connectivity index (χ0v) is 16.8. The molecule has 0 fully saturated rings. The first-order valence-corrected chi connectivity index (χ1v) is 9.96. The third-order valence-corrected chi connectivity index (χ3v) is 5.56. The average molecular weight is 449 g/mol. The first kappa shape index (κ1) is 18.2. The number of rotatable bonds is 4. The summed E-state index contributed by atoms with van der Waals surface area (Å²) in [6, 6.07) is 21.2. The summed E-state index contributed by atoms with van der Waals surface area (Å²) in [5.74, 6) is -0.334. The van der Waals surface area contributed by atoms with Gasteiger partial charge >= 0.3 is 0 Å². The van der Waals surface area contributed by atoms with E-state index in [0.717, 1.165) is 31.4 Å². The maximum Gasteiger partial charge on any atom is 0.288 e. The van der Waals surface area contributed by atoms with Crippen molar-refractivity contribution in [1.29, 1.82) is 5.26 Å². The summed E-state index contributed by atoms with van der Waals surface area (Å²) < 4.78 is 0.937. The second-order valence-electron chi connectivity index (χ2n) is 5.94. The van der Waals surface area contributed by atoms with E-state index in [9.17, 15) is 4.79 Å². The van der Waals surface area contributed by atoms with Crippen molar-refractivity contribution in [3.05, 3.63) is 80.6 Å². The van der Waals surface area contributed by atoms with Crippen LogP contribution in [0.15, 0.2) is 70.2 Å². The minimum atomic E-state index is -0.334. The number of H-pyrrole nitrogens is 1. The fraction of sp³-hybridized carbons (Fsp3) is 0. The minimum Gasteiger partial charge on any atom is -0.350 e. The van der Waals surface area contributed by atoms with E-state index in [2.05, 4.69) is 37.5 Å². The Morgan fingerprint density at radius 1 is 1.18 bits per heavy atom. The van der Waals surface area contributed by atoms with E-state index >= 15 is 0 Å². The van der Waals surface area contributed by atoms with Crippen LogP contribution in [0, 0.1) is 11.3 Å². The van der Waals surface area contributed by atoms with Crippen LogP contribution in [0.5, 0.6) is 0 Å². The largest absolute Gasteiger partial charge is 0.350 e. The van der Waals surface area contributed by atoms with Gasteiger partial charge in [0.15, 0.2) is 0 Å². The number of nitrogens with zero attached hydrogens (tertiary/aromatic N) is 2. The van der Waals surface area contributed by atoms with Crippen LogP contribution in [-0.2, 0) is 0 Å². The van der Waals surface area contributed by atoms with Crippen molar-refractivity contribution in [3.63, 3.8) is 0 Å². The van der Waals surface area contributed by atoms with E-state index in [1.54, 1.807) is 12.1 Å². The third kappa shape index (κ3) is 3.60. The second kappa shape index (κ2) is 7.80. The molecule has 4 aromatic rings. The number of carbonyl (C=O) groups excluding carboxylic acids is 1. The van der Waals surface area contributed by atoms with Crippen LogP contribution in [0.2, 0.25) is 0 Å². The average Bonchev–Trinajstić information content (AvgIpc) is 3.32. The number of benzene rings is 2. The number of aromatic nitrogens is 1. The fourth-order valence-corrected chi connectivity index (χ4v) is 3.97. The minimum absolute atomic E-state index is 0.334. The number of amides is 1. The van der Waals surface area contributed by atoms with Gasteiger partial charge in [-0.05, 0) is 35.9 Å². The van der Waals surface area contributed by atoms with Gasteiger partial charge in [0.2, 0.25) is 0 Å². The predicted octanol–water partition coefficient (Wildman–Crippen LogP) is 5.29. The molecular formula is C21H13BrN4OS. The van der Waals surface area contributed by atoms with Crippen molar-refractivity contribution in [2.24, 2.45) is 5.10 Å². The molecule has 0 unspecified atom stereocenters. The molecule has 2 aromatic heterocycles. The summed E-state index contributed by atoms with van der Waals surface area (Å²) in [4.78, 5) is 17.4. The van der Waals surface area contributed by atoms with Crippen LogP contribution in [0.3, 0.4) is 0 Å². The van der Waals surface area contributed by atoms with Gasteiger partial charge in [-0.1, -0.05) is 46.3 Å². The molecule has 5 nitrogen and oxygen atoms in total.